The van der Waals surface area contributed by atoms with Crippen LogP contribution in [0.3, 0.4) is 0 Å². The number of ketones is 1. The third-order valence-corrected chi connectivity index (χ3v) is 3.01. The minimum absolute atomic E-state index is 0.00181. The van der Waals surface area contributed by atoms with Gasteiger partial charge in [0.05, 0.1) is 12.7 Å². The summed E-state index contributed by atoms with van der Waals surface area (Å²) < 4.78 is 6.05. The van der Waals surface area contributed by atoms with E-state index in [0.29, 0.717) is 17.9 Å². The Morgan fingerprint density at radius 3 is 2.89 bits per heavy atom. The summed E-state index contributed by atoms with van der Waals surface area (Å²) in [6, 6.07) is 11.2. The molecule has 0 atom stereocenters. The van der Waals surface area contributed by atoms with Crippen LogP contribution in [-0.4, -0.2) is 17.9 Å². The van der Waals surface area contributed by atoms with Crippen molar-refractivity contribution in [3.8, 4) is 5.88 Å². The molecule has 0 fully saturated rings. The van der Waals surface area contributed by atoms with Gasteiger partial charge in [0, 0.05) is 17.1 Å². The van der Waals surface area contributed by atoms with Crippen LogP contribution in [-0.2, 0) is 6.42 Å². The van der Waals surface area contributed by atoms with Gasteiger partial charge in [-0.05, 0) is 29.8 Å². The Kier molecular flexibility index (Phi) is 4.10. The number of ether oxygens (including phenoxy) is 1. The molecule has 0 amide bonds. The van der Waals surface area contributed by atoms with Crippen molar-refractivity contribution in [2.24, 2.45) is 0 Å². The van der Waals surface area contributed by atoms with Crippen LogP contribution in [0.25, 0.3) is 0 Å². The highest BCUT2D eigenvalue weighted by molar-refractivity contribution is 9.10. The second-order valence-corrected chi connectivity index (χ2v) is 4.71. The van der Waals surface area contributed by atoms with Gasteiger partial charge in [-0.25, -0.2) is 4.98 Å². The Morgan fingerprint density at radius 1 is 1.33 bits per heavy atom. The molecule has 0 radical (unpaired) electrons. The monoisotopic (exact) mass is 305 g/mol. The van der Waals surface area contributed by atoms with Crippen molar-refractivity contribution in [3.05, 3.63) is 58.2 Å². The molecule has 0 aliphatic heterocycles. The third-order valence-electron chi connectivity index (χ3n) is 2.52. The Morgan fingerprint density at radius 2 is 2.17 bits per heavy atom. The largest absolute Gasteiger partial charge is 0.480 e. The maximum absolute atomic E-state index is 12.2. The van der Waals surface area contributed by atoms with Gasteiger partial charge in [-0.3, -0.25) is 4.79 Å². The SMILES string of the molecule is COc1ncccc1C(=O)Cc1cccc(Br)c1. The minimum Gasteiger partial charge on any atom is -0.480 e. The van der Waals surface area contributed by atoms with E-state index in [-0.39, 0.29) is 5.78 Å². The maximum Gasteiger partial charge on any atom is 0.224 e. The van der Waals surface area contributed by atoms with Crippen molar-refractivity contribution in [1.29, 1.82) is 0 Å². The smallest absolute Gasteiger partial charge is 0.224 e. The summed E-state index contributed by atoms with van der Waals surface area (Å²) in [7, 11) is 1.51. The highest BCUT2D eigenvalue weighted by Gasteiger charge is 2.13. The van der Waals surface area contributed by atoms with E-state index in [1.807, 2.05) is 24.3 Å². The van der Waals surface area contributed by atoms with E-state index in [2.05, 4.69) is 20.9 Å². The molecule has 0 saturated carbocycles. The molecule has 18 heavy (non-hydrogen) atoms. The molecule has 0 aliphatic rings. The lowest BCUT2D eigenvalue weighted by Gasteiger charge is -2.06. The zero-order chi connectivity index (χ0) is 13.0. The van der Waals surface area contributed by atoms with E-state index >= 15 is 0 Å². The number of benzene rings is 1. The highest BCUT2D eigenvalue weighted by Crippen LogP contribution is 2.18. The van der Waals surface area contributed by atoms with Crippen molar-refractivity contribution in [2.45, 2.75) is 6.42 Å². The number of nitrogens with zero attached hydrogens (tertiary/aromatic N) is 1. The van der Waals surface area contributed by atoms with E-state index in [1.165, 1.54) is 7.11 Å². The summed E-state index contributed by atoms with van der Waals surface area (Å²) in [5.41, 5.74) is 1.47. The van der Waals surface area contributed by atoms with Gasteiger partial charge in [0.15, 0.2) is 5.78 Å². The molecule has 0 bridgehead atoms. The molecule has 1 aromatic heterocycles. The van der Waals surface area contributed by atoms with E-state index in [9.17, 15) is 4.79 Å². The molecule has 0 unspecified atom stereocenters. The van der Waals surface area contributed by atoms with Crippen LogP contribution in [0, 0.1) is 0 Å². The Balaban J connectivity index is 2.22. The first-order valence-corrected chi connectivity index (χ1v) is 6.26. The second-order valence-electron chi connectivity index (χ2n) is 3.79. The first-order valence-electron chi connectivity index (χ1n) is 5.47. The molecule has 3 nitrogen and oxygen atoms in total. The van der Waals surface area contributed by atoms with Gasteiger partial charge < -0.3 is 4.74 Å². The van der Waals surface area contributed by atoms with E-state index in [4.69, 9.17) is 4.74 Å². The minimum atomic E-state index is -0.00181. The van der Waals surface area contributed by atoms with Crippen LogP contribution in [0.4, 0.5) is 0 Å². The molecule has 2 rings (SSSR count). The van der Waals surface area contributed by atoms with E-state index in [1.54, 1.807) is 18.3 Å². The van der Waals surface area contributed by atoms with Gasteiger partial charge in [-0.15, -0.1) is 0 Å². The summed E-state index contributed by atoms with van der Waals surface area (Å²) in [5, 5.41) is 0. The van der Waals surface area contributed by atoms with Crippen LogP contribution < -0.4 is 4.74 Å². The Bertz CT molecular complexity index is 569. The molecule has 0 spiro atoms. The number of halogens is 1. The molecule has 0 aliphatic carbocycles. The average Bonchev–Trinajstić information content (AvgIpc) is 2.38. The van der Waals surface area contributed by atoms with Gasteiger partial charge in [0.25, 0.3) is 0 Å². The summed E-state index contributed by atoms with van der Waals surface area (Å²) in [6.07, 6.45) is 1.94. The molecule has 1 aromatic carbocycles. The molecule has 2 aromatic rings. The molecule has 0 saturated heterocycles. The third kappa shape index (κ3) is 2.96. The Hall–Kier alpha value is -1.68. The predicted octanol–water partition coefficient (Wildman–Crippen LogP) is 3.28. The maximum atomic E-state index is 12.2. The normalized spacial score (nSPS) is 10.1. The molecular weight excluding hydrogens is 294 g/mol. The topological polar surface area (TPSA) is 39.2 Å². The summed E-state index contributed by atoms with van der Waals surface area (Å²) >= 11 is 3.39. The standard InChI is InChI=1S/C14H12BrNO2/c1-18-14-12(6-3-7-16-14)13(17)9-10-4-2-5-11(15)8-10/h2-8H,9H2,1H3. The average molecular weight is 306 g/mol. The molecule has 0 N–H and O–H groups in total. The fourth-order valence-electron chi connectivity index (χ4n) is 1.69. The fraction of sp³-hybridized carbons (Fsp3) is 0.143. The van der Waals surface area contributed by atoms with Gasteiger partial charge in [0.1, 0.15) is 0 Å². The zero-order valence-electron chi connectivity index (χ0n) is 9.89. The quantitative estimate of drug-likeness (QED) is 0.814. The first kappa shape index (κ1) is 12.8. The van der Waals surface area contributed by atoms with Crippen molar-refractivity contribution in [3.63, 3.8) is 0 Å². The van der Waals surface area contributed by atoms with Gasteiger partial charge in [-0.1, -0.05) is 28.1 Å². The number of carbonyl (C=O) groups excluding carboxylic acids is 1. The number of carbonyl (C=O) groups is 1. The Labute approximate surface area is 114 Å². The lowest BCUT2D eigenvalue weighted by molar-refractivity contribution is 0.0989. The molecule has 4 heteroatoms. The summed E-state index contributed by atoms with van der Waals surface area (Å²) in [5.74, 6) is 0.371. The van der Waals surface area contributed by atoms with Crippen LogP contribution in [0.5, 0.6) is 5.88 Å². The van der Waals surface area contributed by atoms with Crippen molar-refractivity contribution in [1.82, 2.24) is 4.98 Å². The van der Waals surface area contributed by atoms with E-state index in [0.717, 1.165) is 10.0 Å². The van der Waals surface area contributed by atoms with Crippen LogP contribution in [0.15, 0.2) is 47.1 Å². The van der Waals surface area contributed by atoms with Gasteiger partial charge in [0.2, 0.25) is 5.88 Å². The number of methoxy groups -OCH3 is 1. The van der Waals surface area contributed by atoms with Crippen LogP contribution in [0.2, 0.25) is 0 Å². The lowest BCUT2D eigenvalue weighted by Crippen LogP contribution is -2.06. The number of aromatic nitrogens is 1. The summed E-state index contributed by atoms with van der Waals surface area (Å²) in [4.78, 5) is 16.2. The number of hydrogen-bond acceptors (Lipinski definition) is 3. The number of Topliss-reactive ketones (excluding diaryl/α,β-unsaturated/α-hetero) is 1. The first-order chi connectivity index (χ1) is 8.70. The van der Waals surface area contributed by atoms with Crippen molar-refractivity contribution < 1.29 is 9.53 Å². The highest BCUT2D eigenvalue weighted by atomic mass is 79.9. The van der Waals surface area contributed by atoms with Crippen molar-refractivity contribution in [2.75, 3.05) is 7.11 Å². The molecule has 92 valence electrons. The number of pyridine rings is 1. The summed E-state index contributed by atoms with van der Waals surface area (Å²) in [6.45, 7) is 0. The van der Waals surface area contributed by atoms with Crippen LogP contribution >= 0.6 is 15.9 Å². The van der Waals surface area contributed by atoms with Crippen molar-refractivity contribution >= 4 is 21.7 Å². The van der Waals surface area contributed by atoms with E-state index < -0.39 is 0 Å². The molecule has 1 heterocycles. The fourth-order valence-corrected chi connectivity index (χ4v) is 2.14. The second kappa shape index (κ2) is 5.78. The zero-order valence-corrected chi connectivity index (χ0v) is 11.5. The van der Waals surface area contributed by atoms with Crippen LogP contribution in [0.1, 0.15) is 15.9 Å². The number of hydrogen-bond donors (Lipinski definition) is 0. The van der Waals surface area contributed by atoms with Gasteiger partial charge in [-0.2, -0.15) is 0 Å². The lowest BCUT2D eigenvalue weighted by atomic mass is 10.0. The predicted molar refractivity (Wildman–Crippen MR) is 73.0 cm³/mol. The van der Waals surface area contributed by atoms with Gasteiger partial charge >= 0.3 is 0 Å². The molecular formula is C14H12BrNO2. The number of rotatable bonds is 4.